The van der Waals surface area contributed by atoms with E-state index in [0.29, 0.717) is 6.54 Å². The van der Waals surface area contributed by atoms with Crippen LogP contribution in [0.25, 0.3) is 0 Å². The molecule has 3 N–H and O–H groups in total. The molecule has 0 aromatic heterocycles. The monoisotopic (exact) mass is 492 g/mol. The second kappa shape index (κ2) is 14.9. The van der Waals surface area contributed by atoms with Crippen molar-refractivity contribution in [2.45, 2.75) is 46.2 Å². The summed E-state index contributed by atoms with van der Waals surface area (Å²) in [7, 11) is 1.67. The fourth-order valence-corrected chi connectivity index (χ4v) is 2.22. The average molecular weight is 492 g/mol. The van der Waals surface area contributed by atoms with Crippen LogP contribution in [0.15, 0.2) is 29.3 Å². The molecular weight excluding hydrogens is 455 g/mol. The van der Waals surface area contributed by atoms with E-state index in [4.69, 9.17) is 9.47 Å². The van der Waals surface area contributed by atoms with Crippen molar-refractivity contribution < 1.29 is 9.47 Å². The summed E-state index contributed by atoms with van der Waals surface area (Å²) in [6.45, 7) is 13.2. The Morgan fingerprint density at radius 1 is 1.04 bits per heavy atom. The van der Waals surface area contributed by atoms with Gasteiger partial charge in [0.05, 0.1) is 13.7 Å². The van der Waals surface area contributed by atoms with Crippen LogP contribution in [0, 0.1) is 0 Å². The van der Waals surface area contributed by atoms with Crippen molar-refractivity contribution >= 4 is 29.9 Å². The maximum Gasteiger partial charge on any atom is 0.191 e. The summed E-state index contributed by atoms with van der Waals surface area (Å²) in [5.41, 5.74) is 1.27. The molecule has 0 aliphatic carbocycles. The van der Waals surface area contributed by atoms with Crippen LogP contribution in [-0.4, -0.2) is 51.5 Å². The summed E-state index contributed by atoms with van der Waals surface area (Å²) in [4.78, 5) is 4.69. The first-order chi connectivity index (χ1) is 12.4. The molecule has 0 spiro atoms. The molecule has 0 atom stereocenters. The lowest BCUT2D eigenvalue weighted by atomic mass is 10.1. The van der Waals surface area contributed by atoms with E-state index >= 15 is 0 Å². The van der Waals surface area contributed by atoms with Gasteiger partial charge in [0, 0.05) is 38.4 Å². The van der Waals surface area contributed by atoms with E-state index in [1.807, 2.05) is 31.2 Å². The topological polar surface area (TPSA) is 66.9 Å². The lowest BCUT2D eigenvalue weighted by Gasteiger charge is -2.21. The van der Waals surface area contributed by atoms with Crippen molar-refractivity contribution in [3.8, 4) is 5.75 Å². The van der Waals surface area contributed by atoms with Crippen LogP contribution in [0.4, 0.5) is 0 Å². The van der Waals surface area contributed by atoms with Gasteiger partial charge in [0.15, 0.2) is 5.96 Å². The van der Waals surface area contributed by atoms with E-state index in [9.17, 15) is 0 Å². The lowest BCUT2D eigenvalue weighted by Crippen LogP contribution is -2.44. The van der Waals surface area contributed by atoms with Crippen LogP contribution >= 0.6 is 24.0 Å². The van der Waals surface area contributed by atoms with Crippen LogP contribution in [0.3, 0.4) is 0 Å². The highest BCUT2D eigenvalue weighted by atomic mass is 127. The second-order valence-electron chi connectivity index (χ2n) is 7.09. The highest BCUT2D eigenvalue weighted by Gasteiger charge is 2.07. The number of rotatable bonds is 11. The minimum Gasteiger partial charge on any atom is -0.497 e. The highest BCUT2D eigenvalue weighted by molar-refractivity contribution is 14.0. The Bertz CT molecular complexity index is 516. The minimum atomic E-state index is 0. The molecule has 1 aromatic rings. The van der Waals surface area contributed by atoms with Gasteiger partial charge in [-0.15, -0.1) is 24.0 Å². The second-order valence-corrected chi connectivity index (χ2v) is 7.09. The molecule has 1 aromatic carbocycles. The van der Waals surface area contributed by atoms with Crippen molar-refractivity contribution in [2.75, 3.05) is 40.0 Å². The molecule has 0 saturated heterocycles. The Kier molecular flexibility index (Phi) is 14.3. The van der Waals surface area contributed by atoms with Crippen molar-refractivity contribution in [2.24, 2.45) is 4.99 Å². The third-order valence-electron chi connectivity index (χ3n) is 3.61. The largest absolute Gasteiger partial charge is 0.497 e. The third-order valence-corrected chi connectivity index (χ3v) is 3.61. The Morgan fingerprint density at radius 2 is 1.70 bits per heavy atom. The molecule has 0 heterocycles. The van der Waals surface area contributed by atoms with Crippen molar-refractivity contribution in [3.05, 3.63) is 29.8 Å². The zero-order valence-electron chi connectivity index (χ0n) is 17.4. The number of ether oxygens (including phenoxy) is 2. The van der Waals surface area contributed by atoms with Gasteiger partial charge in [0.25, 0.3) is 0 Å². The molecular formula is C20H37IN4O2. The van der Waals surface area contributed by atoms with E-state index in [1.54, 1.807) is 7.11 Å². The van der Waals surface area contributed by atoms with Gasteiger partial charge in [-0.05, 0) is 51.8 Å². The van der Waals surface area contributed by atoms with Gasteiger partial charge in [-0.3, -0.25) is 0 Å². The molecule has 0 aliphatic rings. The average Bonchev–Trinajstić information content (AvgIpc) is 2.61. The molecule has 7 heteroatoms. The number of methoxy groups -OCH3 is 1. The smallest absolute Gasteiger partial charge is 0.191 e. The van der Waals surface area contributed by atoms with Crippen molar-refractivity contribution in [3.63, 3.8) is 0 Å². The predicted octanol–water partition coefficient (Wildman–Crippen LogP) is 3.16. The quantitative estimate of drug-likeness (QED) is 0.192. The molecule has 0 unspecified atom stereocenters. The number of hydrogen-bond acceptors (Lipinski definition) is 4. The zero-order valence-corrected chi connectivity index (χ0v) is 19.8. The maximum absolute atomic E-state index is 5.38. The van der Waals surface area contributed by atoms with Crippen molar-refractivity contribution in [1.82, 2.24) is 16.0 Å². The number of hydrogen-bond donors (Lipinski definition) is 3. The number of benzene rings is 1. The molecule has 0 bridgehead atoms. The van der Waals surface area contributed by atoms with Gasteiger partial charge < -0.3 is 25.4 Å². The molecule has 27 heavy (non-hydrogen) atoms. The summed E-state index contributed by atoms with van der Waals surface area (Å²) < 4.78 is 10.6. The van der Waals surface area contributed by atoms with Gasteiger partial charge in [-0.2, -0.15) is 0 Å². The fourth-order valence-electron chi connectivity index (χ4n) is 2.22. The van der Waals surface area contributed by atoms with Gasteiger partial charge in [0.2, 0.25) is 0 Å². The summed E-state index contributed by atoms with van der Waals surface area (Å²) in [6.07, 6.45) is 0.956. The summed E-state index contributed by atoms with van der Waals surface area (Å²) in [5.74, 6) is 1.69. The SMILES string of the molecule is CCOCCCNC(=NCc1ccc(OC)cc1)NCCNC(C)(C)C.I. The Hall–Kier alpha value is -1.06. The molecule has 156 valence electrons. The highest BCUT2D eigenvalue weighted by Crippen LogP contribution is 2.11. The molecule has 0 radical (unpaired) electrons. The van der Waals surface area contributed by atoms with E-state index in [2.05, 4.69) is 41.7 Å². The molecule has 0 amide bonds. The lowest BCUT2D eigenvalue weighted by molar-refractivity contribution is 0.145. The van der Waals surface area contributed by atoms with Gasteiger partial charge in [-0.1, -0.05) is 12.1 Å². The van der Waals surface area contributed by atoms with E-state index < -0.39 is 0 Å². The van der Waals surface area contributed by atoms with Crippen LogP contribution in [0.5, 0.6) is 5.75 Å². The Balaban J connectivity index is 0.00000676. The first-order valence-electron chi connectivity index (χ1n) is 9.42. The number of halogens is 1. The third kappa shape index (κ3) is 13.7. The summed E-state index contributed by atoms with van der Waals surface area (Å²) >= 11 is 0. The van der Waals surface area contributed by atoms with E-state index in [1.165, 1.54) is 0 Å². The number of guanidine groups is 1. The number of nitrogens with zero attached hydrogens (tertiary/aromatic N) is 1. The van der Waals surface area contributed by atoms with Gasteiger partial charge in [-0.25, -0.2) is 4.99 Å². The summed E-state index contributed by atoms with van der Waals surface area (Å²) in [6, 6.07) is 7.99. The Labute approximate surface area is 181 Å². The minimum absolute atomic E-state index is 0. The Morgan fingerprint density at radius 3 is 2.30 bits per heavy atom. The van der Waals surface area contributed by atoms with Crippen LogP contribution in [0.2, 0.25) is 0 Å². The van der Waals surface area contributed by atoms with E-state index in [0.717, 1.165) is 56.5 Å². The fraction of sp³-hybridized carbons (Fsp3) is 0.650. The molecule has 0 saturated carbocycles. The maximum atomic E-state index is 5.38. The molecule has 1 rings (SSSR count). The van der Waals surface area contributed by atoms with E-state index in [-0.39, 0.29) is 29.5 Å². The van der Waals surface area contributed by atoms with Crippen LogP contribution < -0.4 is 20.7 Å². The normalized spacial score (nSPS) is 11.7. The first kappa shape index (κ1) is 25.9. The van der Waals surface area contributed by atoms with Crippen LogP contribution in [0.1, 0.15) is 39.7 Å². The first-order valence-corrected chi connectivity index (χ1v) is 9.42. The number of aliphatic imine (C=N–C) groups is 1. The molecule has 6 nitrogen and oxygen atoms in total. The zero-order chi connectivity index (χ0) is 19.3. The van der Waals surface area contributed by atoms with Crippen LogP contribution in [-0.2, 0) is 11.3 Å². The van der Waals surface area contributed by atoms with Crippen molar-refractivity contribution in [1.29, 1.82) is 0 Å². The van der Waals surface area contributed by atoms with Gasteiger partial charge >= 0.3 is 0 Å². The van der Waals surface area contributed by atoms with Gasteiger partial charge in [0.1, 0.15) is 5.75 Å². The molecule has 0 fully saturated rings. The summed E-state index contributed by atoms with van der Waals surface area (Å²) in [5, 5.41) is 10.2. The predicted molar refractivity (Wildman–Crippen MR) is 124 cm³/mol. The standard InChI is InChI=1S/C20H36N4O2.HI/c1-6-26-15-7-12-21-19(22-13-14-24-20(2,3)4)23-16-17-8-10-18(25-5)11-9-17;/h8-11,24H,6-7,12-16H2,1-5H3,(H2,21,22,23);1H. The number of nitrogens with one attached hydrogen (secondary N) is 3. The molecule has 0 aliphatic heterocycles.